The number of amides is 2. The third-order valence-electron chi connectivity index (χ3n) is 4.24. The van der Waals surface area contributed by atoms with E-state index in [2.05, 4.69) is 4.90 Å². The second kappa shape index (κ2) is 6.21. The Hall–Kier alpha value is -1.31. The molecule has 0 aromatic rings. The van der Waals surface area contributed by atoms with E-state index in [1.54, 1.807) is 11.8 Å². The number of piperidine rings is 1. The second-order valence-electron chi connectivity index (χ2n) is 5.69. The number of carbonyl (C=O) groups excluding carboxylic acids is 2. The lowest BCUT2D eigenvalue weighted by Gasteiger charge is -2.36. The zero-order valence-electron chi connectivity index (χ0n) is 11.9. The molecule has 1 N–H and O–H groups in total. The molecule has 8 heteroatoms. The zero-order chi connectivity index (χ0) is 15.6. The quantitative estimate of drug-likeness (QED) is 0.819. The van der Waals surface area contributed by atoms with E-state index < -0.39 is 18.1 Å². The Morgan fingerprint density at radius 1 is 1.10 bits per heavy atom. The highest BCUT2D eigenvalue weighted by atomic mass is 19.4. The minimum Gasteiger partial charge on any atom is -0.344 e. The van der Waals surface area contributed by atoms with E-state index in [-0.39, 0.29) is 11.9 Å². The van der Waals surface area contributed by atoms with E-state index in [0.717, 1.165) is 12.8 Å². The van der Waals surface area contributed by atoms with Crippen molar-refractivity contribution in [3.8, 4) is 0 Å². The summed E-state index contributed by atoms with van der Waals surface area (Å²) in [5.41, 5.74) is 0. The fraction of sp³-hybridized carbons (Fsp3) is 0.846. The topological polar surface area (TPSA) is 52.7 Å². The monoisotopic (exact) mass is 307 g/mol. The van der Waals surface area contributed by atoms with Crippen LogP contribution in [-0.4, -0.2) is 66.1 Å². The summed E-state index contributed by atoms with van der Waals surface area (Å²) in [6.45, 7) is 4.06. The predicted octanol–water partition coefficient (Wildman–Crippen LogP) is 0.750. The highest BCUT2D eigenvalue weighted by Crippen LogP contribution is 2.22. The number of nitrogens with one attached hydrogen (secondary N) is 1. The number of carbonyl (C=O) groups is 2. The summed E-state index contributed by atoms with van der Waals surface area (Å²) in [4.78, 5) is 26.1. The molecule has 2 saturated heterocycles. The van der Waals surface area contributed by atoms with Crippen LogP contribution in [0.25, 0.3) is 0 Å². The summed E-state index contributed by atoms with van der Waals surface area (Å²) in [5.74, 6) is -1.80. The maximum absolute atomic E-state index is 12.2. The number of hydrogen-bond acceptors (Lipinski definition) is 3. The molecule has 2 amide bonds. The number of halogens is 3. The van der Waals surface area contributed by atoms with Gasteiger partial charge in [0.05, 0.1) is 0 Å². The molecule has 2 fully saturated rings. The van der Waals surface area contributed by atoms with E-state index in [1.165, 1.54) is 0 Å². The summed E-state index contributed by atoms with van der Waals surface area (Å²) >= 11 is 0. The van der Waals surface area contributed by atoms with Crippen LogP contribution >= 0.6 is 0 Å². The van der Waals surface area contributed by atoms with Crippen LogP contribution in [-0.2, 0) is 9.59 Å². The first kappa shape index (κ1) is 16.1. The summed E-state index contributed by atoms with van der Waals surface area (Å²) in [5, 5.41) is 2.04. The molecule has 0 spiro atoms. The van der Waals surface area contributed by atoms with Crippen molar-refractivity contribution in [2.24, 2.45) is 0 Å². The van der Waals surface area contributed by atoms with Gasteiger partial charge in [-0.05, 0) is 19.3 Å². The van der Waals surface area contributed by atoms with Crippen LogP contribution in [0.15, 0.2) is 0 Å². The third-order valence-corrected chi connectivity index (χ3v) is 4.24. The SMILES string of the molecule is CC(=O)N1CCC(N2CCC(NC(=O)C(F)(F)F)C2)CC1. The molecule has 5 nitrogen and oxygen atoms in total. The van der Waals surface area contributed by atoms with Crippen molar-refractivity contribution < 1.29 is 22.8 Å². The first-order valence-corrected chi connectivity index (χ1v) is 7.14. The van der Waals surface area contributed by atoms with Gasteiger partial charge in [0.25, 0.3) is 0 Å². The van der Waals surface area contributed by atoms with Crippen LogP contribution in [0.3, 0.4) is 0 Å². The number of rotatable bonds is 2. The van der Waals surface area contributed by atoms with E-state index in [1.807, 2.05) is 5.32 Å². The van der Waals surface area contributed by atoms with Crippen molar-refractivity contribution in [3.05, 3.63) is 0 Å². The van der Waals surface area contributed by atoms with E-state index in [0.29, 0.717) is 32.6 Å². The smallest absolute Gasteiger partial charge is 0.344 e. The molecule has 2 rings (SSSR count). The molecule has 0 aromatic heterocycles. The molecule has 1 atom stereocenters. The van der Waals surface area contributed by atoms with Gasteiger partial charge in [0.15, 0.2) is 0 Å². The lowest BCUT2D eigenvalue weighted by atomic mass is 10.0. The zero-order valence-corrected chi connectivity index (χ0v) is 11.9. The van der Waals surface area contributed by atoms with Gasteiger partial charge in [-0.15, -0.1) is 0 Å². The van der Waals surface area contributed by atoms with Gasteiger partial charge in [-0.1, -0.05) is 0 Å². The third kappa shape index (κ3) is 4.09. The Morgan fingerprint density at radius 2 is 1.71 bits per heavy atom. The maximum atomic E-state index is 12.2. The molecule has 120 valence electrons. The molecule has 0 aromatic carbocycles. The van der Waals surface area contributed by atoms with Crippen molar-refractivity contribution in [2.75, 3.05) is 26.2 Å². The highest BCUT2D eigenvalue weighted by Gasteiger charge is 2.41. The minimum absolute atomic E-state index is 0.0604. The molecule has 2 heterocycles. The van der Waals surface area contributed by atoms with Gasteiger partial charge >= 0.3 is 12.1 Å². The molecule has 1 unspecified atom stereocenters. The first-order chi connectivity index (χ1) is 9.77. The number of hydrogen-bond donors (Lipinski definition) is 1. The van der Waals surface area contributed by atoms with Gasteiger partial charge < -0.3 is 10.2 Å². The van der Waals surface area contributed by atoms with Crippen LogP contribution < -0.4 is 5.32 Å². The molecule has 0 saturated carbocycles. The fourth-order valence-corrected chi connectivity index (χ4v) is 3.05. The molecule has 0 aliphatic carbocycles. The van der Waals surface area contributed by atoms with Crippen LogP contribution in [0.1, 0.15) is 26.2 Å². The summed E-state index contributed by atoms with van der Waals surface area (Å²) in [6, 6.07) is -0.154. The number of alkyl halides is 3. The molecule has 0 radical (unpaired) electrons. The second-order valence-corrected chi connectivity index (χ2v) is 5.69. The first-order valence-electron chi connectivity index (χ1n) is 7.14. The Balaban J connectivity index is 1.78. The standard InChI is InChI=1S/C13H20F3N3O2/c1-9(20)18-6-3-11(4-7-18)19-5-2-10(8-19)17-12(21)13(14,15)16/h10-11H,2-8H2,1H3,(H,17,21). The molecule has 2 aliphatic rings. The van der Waals surface area contributed by atoms with Gasteiger partial charge in [0.1, 0.15) is 0 Å². The molecule has 0 bridgehead atoms. The van der Waals surface area contributed by atoms with Crippen molar-refractivity contribution in [1.29, 1.82) is 0 Å². The fourth-order valence-electron chi connectivity index (χ4n) is 3.05. The largest absolute Gasteiger partial charge is 0.471 e. The number of nitrogens with zero attached hydrogens (tertiary/aromatic N) is 2. The molecule has 21 heavy (non-hydrogen) atoms. The highest BCUT2D eigenvalue weighted by molar-refractivity contribution is 5.82. The van der Waals surface area contributed by atoms with Crippen LogP contribution in [0.5, 0.6) is 0 Å². The summed E-state index contributed by atoms with van der Waals surface area (Å²) in [6.07, 6.45) is -2.62. The number of likely N-dealkylation sites (tertiary alicyclic amines) is 2. The minimum atomic E-state index is -4.82. The van der Waals surface area contributed by atoms with Gasteiger partial charge in [0.2, 0.25) is 5.91 Å². The van der Waals surface area contributed by atoms with E-state index >= 15 is 0 Å². The average Bonchev–Trinajstić information content (AvgIpc) is 2.86. The lowest BCUT2D eigenvalue weighted by Crippen LogP contribution is -2.48. The van der Waals surface area contributed by atoms with Crippen LogP contribution in [0.2, 0.25) is 0 Å². The Labute approximate surface area is 121 Å². The Bertz CT molecular complexity index is 406. The average molecular weight is 307 g/mol. The van der Waals surface area contributed by atoms with Crippen LogP contribution in [0, 0.1) is 0 Å². The van der Waals surface area contributed by atoms with Gasteiger partial charge in [-0.2, -0.15) is 13.2 Å². The van der Waals surface area contributed by atoms with Crippen molar-refractivity contribution in [2.45, 2.75) is 44.4 Å². The summed E-state index contributed by atoms with van der Waals surface area (Å²) in [7, 11) is 0. The normalized spacial score (nSPS) is 25.1. The Kier molecular flexibility index (Phi) is 4.75. The molecular formula is C13H20F3N3O2. The Morgan fingerprint density at radius 3 is 2.24 bits per heavy atom. The van der Waals surface area contributed by atoms with Crippen molar-refractivity contribution in [3.63, 3.8) is 0 Å². The van der Waals surface area contributed by atoms with Crippen molar-refractivity contribution in [1.82, 2.24) is 15.1 Å². The summed E-state index contributed by atoms with van der Waals surface area (Å²) < 4.78 is 36.6. The maximum Gasteiger partial charge on any atom is 0.471 e. The predicted molar refractivity (Wildman–Crippen MR) is 69.5 cm³/mol. The van der Waals surface area contributed by atoms with Crippen molar-refractivity contribution >= 4 is 11.8 Å². The van der Waals surface area contributed by atoms with E-state index in [9.17, 15) is 22.8 Å². The van der Waals surface area contributed by atoms with Crippen LogP contribution in [0.4, 0.5) is 13.2 Å². The molecular weight excluding hydrogens is 287 g/mol. The lowest BCUT2D eigenvalue weighted by molar-refractivity contribution is -0.174. The van der Waals surface area contributed by atoms with Gasteiger partial charge in [-0.25, -0.2) is 0 Å². The van der Waals surface area contributed by atoms with Gasteiger partial charge in [-0.3, -0.25) is 14.5 Å². The van der Waals surface area contributed by atoms with E-state index in [4.69, 9.17) is 0 Å². The molecule has 2 aliphatic heterocycles. The van der Waals surface area contributed by atoms with Gasteiger partial charge in [0, 0.05) is 45.2 Å².